The fourth-order valence-corrected chi connectivity index (χ4v) is 2.40. The van der Waals surface area contributed by atoms with E-state index in [9.17, 15) is 4.79 Å². The van der Waals surface area contributed by atoms with E-state index >= 15 is 0 Å². The molecule has 116 valence electrons. The minimum atomic E-state index is -0.00729. The lowest BCUT2D eigenvalue weighted by Crippen LogP contribution is -2.34. The van der Waals surface area contributed by atoms with Gasteiger partial charge in [0.25, 0.3) is 5.91 Å². The molecule has 0 bridgehead atoms. The van der Waals surface area contributed by atoms with E-state index in [1.54, 1.807) is 4.90 Å². The van der Waals surface area contributed by atoms with Crippen molar-refractivity contribution in [3.05, 3.63) is 65.2 Å². The summed E-state index contributed by atoms with van der Waals surface area (Å²) in [5.41, 5.74) is 4.29. The summed E-state index contributed by atoms with van der Waals surface area (Å²) in [5.74, 6) is -0.00729. The Morgan fingerprint density at radius 2 is 1.82 bits per heavy atom. The Morgan fingerprint density at radius 1 is 1.09 bits per heavy atom. The van der Waals surface area contributed by atoms with Crippen LogP contribution >= 0.6 is 0 Å². The van der Waals surface area contributed by atoms with E-state index in [2.05, 4.69) is 6.07 Å². The summed E-state index contributed by atoms with van der Waals surface area (Å²) in [6.07, 6.45) is 0. The molecule has 0 fully saturated rings. The summed E-state index contributed by atoms with van der Waals surface area (Å²) in [4.78, 5) is 14.2. The van der Waals surface area contributed by atoms with E-state index in [0.29, 0.717) is 13.2 Å². The summed E-state index contributed by atoms with van der Waals surface area (Å²) < 4.78 is 5.56. The maximum absolute atomic E-state index is 12.4. The number of amides is 1. The summed E-state index contributed by atoms with van der Waals surface area (Å²) in [6, 6.07) is 16.0. The van der Waals surface area contributed by atoms with Gasteiger partial charge in [0.05, 0.1) is 6.61 Å². The van der Waals surface area contributed by atoms with E-state index in [0.717, 1.165) is 22.4 Å². The summed E-state index contributed by atoms with van der Waals surface area (Å²) in [5, 5.41) is 0. The van der Waals surface area contributed by atoms with Crippen molar-refractivity contribution in [1.82, 2.24) is 0 Å². The van der Waals surface area contributed by atoms with Gasteiger partial charge < -0.3 is 9.64 Å². The highest BCUT2D eigenvalue weighted by Crippen LogP contribution is 2.21. The van der Waals surface area contributed by atoms with Crippen molar-refractivity contribution in [2.45, 2.75) is 27.4 Å². The molecule has 0 atom stereocenters. The van der Waals surface area contributed by atoms with E-state index in [1.165, 1.54) is 0 Å². The number of likely N-dealkylation sites (N-methyl/N-ethyl adjacent to an activating group) is 1. The van der Waals surface area contributed by atoms with Gasteiger partial charge in [0.2, 0.25) is 0 Å². The Hall–Kier alpha value is -2.13. The zero-order valence-electron chi connectivity index (χ0n) is 13.5. The molecule has 0 N–H and O–H groups in total. The van der Waals surface area contributed by atoms with Crippen molar-refractivity contribution in [2.24, 2.45) is 0 Å². The fourth-order valence-electron chi connectivity index (χ4n) is 2.40. The van der Waals surface area contributed by atoms with Gasteiger partial charge in [0, 0.05) is 12.2 Å². The molecular formula is C19H23NO2. The zero-order chi connectivity index (χ0) is 15.9. The van der Waals surface area contributed by atoms with Crippen molar-refractivity contribution in [2.75, 3.05) is 18.1 Å². The molecule has 0 aliphatic carbocycles. The first-order valence-electron chi connectivity index (χ1n) is 7.61. The van der Waals surface area contributed by atoms with E-state index < -0.39 is 0 Å². The monoisotopic (exact) mass is 297 g/mol. The van der Waals surface area contributed by atoms with Crippen molar-refractivity contribution in [3.63, 3.8) is 0 Å². The number of anilines is 1. The average molecular weight is 297 g/mol. The molecule has 1 amide bonds. The molecule has 2 rings (SSSR count). The highest BCUT2D eigenvalue weighted by molar-refractivity contribution is 5.95. The van der Waals surface area contributed by atoms with E-state index in [4.69, 9.17) is 4.74 Å². The second-order valence-electron chi connectivity index (χ2n) is 5.41. The van der Waals surface area contributed by atoms with Crippen LogP contribution in [0.25, 0.3) is 0 Å². The minimum absolute atomic E-state index is 0.00729. The Labute approximate surface area is 132 Å². The number of carbonyl (C=O) groups excluding carboxylic acids is 1. The molecule has 0 aliphatic rings. The van der Waals surface area contributed by atoms with Gasteiger partial charge >= 0.3 is 0 Å². The molecule has 2 aromatic rings. The smallest absolute Gasteiger partial charge is 0.252 e. The molecular weight excluding hydrogens is 274 g/mol. The van der Waals surface area contributed by atoms with Crippen LogP contribution in [0.4, 0.5) is 5.69 Å². The topological polar surface area (TPSA) is 29.5 Å². The molecule has 3 nitrogen and oxygen atoms in total. The van der Waals surface area contributed by atoms with Gasteiger partial charge in [-0.05, 0) is 43.5 Å². The van der Waals surface area contributed by atoms with Crippen LogP contribution in [-0.4, -0.2) is 19.1 Å². The number of hydrogen-bond donors (Lipinski definition) is 0. The molecule has 0 saturated carbocycles. The Bertz CT molecular complexity index is 623. The third kappa shape index (κ3) is 4.18. The van der Waals surface area contributed by atoms with Gasteiger partial charge in [-0.1, -0.05) is 42.5 Å². The first-order chi connectivity index (χ1) is 10.6. The first kappa shape index (κ1) is 16.2. The molecule has 0 aromatic heterocycles. The second kappa shape index (κ2) is 7.76. The van der Waals surface area contributed by atoms with Gasteiger partial charge in [-0.25, -0.2) is 0 Å². The van der Waals surface area contributed by atoms with Crippen molar-refractivity contribution < 1.29 is 9.53 Å². The third-order valence-electron chi connectivity index (χ3n) is 3.61. The van der Waals surface area contributed by atoms with Crippen molar-refractivity contribution in [3.8, 4) is 0 Å². The maximum Gasteiger partial charge on any atom is 0.252 e. The Morgan fingerprint density at radius 3 is 2.50 bits per heavy atom. The summed E-state index contributed by atoms with van der Waals surface area (Å²) in [7, 11) is 0. The van der Waals surface area contributed by atoms with Crippen LogP contribution in [0, 0.1) is 13.8 Å². The maximum atomic E-state index is 12.4. The SMILES string of the molecule is CCN(C(=O)COCc1ccccc1)c1cc(C)ccc1C. The predicted octanol–water partition coefficient (Wildman–Crippen LogP) is 3.87. The summed E-state index contributed by atoms with van der Waals surface area (Å²) in [6.45, 7) is 7.23. The number of hydrogen-bond acceptors (Lipinski definition) is 2. The Kier molecular flexibility index (Phi) is 5.73. The van der Waals surface area contributed by atoms with Crippen LogP contribution in [0.3, 0.4) is 0 Å². The quantitative estimate of drug-likeness (QED) is 0.810. The zero-order valence-corrected chi connectivity index (χ0v) is 13.5. The third-order valence-corrected chi connectivity index (χ3v) is 3.61. The van der Waals surface area contributed by atoms with Crippen LogP contribution in [-0.2, 0) is 16.1 Å². The average Bonchev–Trinajstić information content (AvgIpc) is 2.52. The molecule has 22 heavy (non-hydrogen) atoms. The summed E-state index contributed by atoms with van der Waals surface area (Å²) >= 11 is 0. The molecule has 2 aromatic carbocycles. The first-order valence-corrected chi connectivity index (χ1v) is 7.61. The number of carbonyl (C=O) groups is 1. The number of aryl methyl sites for hydroxylation is 2. The number of rotatable bonds is 6. The largest absolute Gasteiger partial charge is 0.367 e. The standard InChI is InChI=1S/C19H23NO2/c1-4-20(18-12-15(2)10-11-16(18)3)19(21)14-22-13-17-8-6-5-7-9-17/h5-12H,4,13-14H2,1-3H3. The van der Waals surface area contributed by atoms with Crippen LogP contribution in [0.1, 0.15) is 23.6 Å². The second-order valence-corrected chi connectivity index (χ2v) is 5.41. The fraction of sp³-hybridized carbons (Fsp3) is 0.316. The molecule has 0 saturated heterocycles. The van der Waals surface area contributed by atoms with E-state index in [-0.39, 0.29) is 12.5 Å². The van der Waals surface area contributed by atoms with Gasteiger partial charge in [0.15, 0.2) is 0 Å². The molecule has 0 unspecified atom stereocenters. The molecule has 0 aliphatic heterocycles. The van der Waals surface area contributed by atoms with Crippen LogP contribution < -0.4 is 4.90 Å². The Balaban J connectivity index is 1.98. The highest BCUT2D eigenvalue weighted by atomic mass is 16.5. The highest BCUT2D eigenvalue weighted by Gasteiger charge is 2.16. The van der Waals surface area contributed by atoms with Gasteiger partial charge in [-0.2, -0.15) is 0 Å². The van der Waals surface area contributed by atoms with Crippen LogP contribution in [0.2, 0.25) is 0 Å². The predicted molar refractivity (Wildman–Crippen MR) is 90.0 cm³/mol. The normalized spacial score (nSPS) is 10.5. The van der Waals surface area contributed by atoms with Crippen LogP contribution in [0.5, 0.6) is 0 Å². The number of nitrogens with zero attached hydrogens (tertiary/aromatic N) is 1. The molecule has 3 heteroatoms. The number of ether oxygens (including phenoxy) is 1. The lowest BCUT2D eigenvalue weighted by molar-refractivity contribution is -0.123. The minimum Gasteiger partial charge on any atom is -0.367 e. The lowest BCUT2D eigenvalue weighted by atomic mass is 10.1. The van der Waals surface area contributed by atoms with Gasteiger partial charge in [0.1, 0.15) is 6.61 Å². The number of benzene rings is 2. The van der Waals surface area contributed by atoms with Crippen molar-refractivity contribution >= 4 is 11.6 Å². The van der Waals surface area contributed by atoms with E-state index in [1.807, 2.05) is 63.2 Å². The molecule has 0 spiro atoms. The van der Waals surface area contributed by atoms with Crippen LogP contribution in [0.15, 0.2) is 48.5 Å². The van der Waals surface area contributed by atoms with Gasteiger partial charge in [-0.3, -0.25) is 4.79 Å². The van der Waals surface area contributed by atoms with Gasteiger partial charge in [-0.15, -0.1) is 0 Å². The molecule has 0 heterocycles. The lowest BCUT2D eigenvalue weighted by Gasteiger charge is -2.23. The van der Waals surface area contributed by atoms with Crippen molar-refractivity contribution in [1.29, 1.82) is 0 Å². The molecule has 0 radical (unpaired) electrons.